The third-order valence-electron chi connectivity index (χ3n) is 1.38. The number of esters is 1. The van der Waals surface area contributed by atoms with Gasteiger partial charge in [0.25, 0.3) is 0 Å². The van der Waals surface area contributed by atoms with E-state index in [9.17, 15) is 4.79 Å². The summed E-state index contributed by atoms with van der Waals surface area (Å²) in [6, 6.07) is 0. The molecule has 0 radical (unpaired) electrons. The number of nitrogens with two attached hydrogens (primary N) is 1. The lowest BCUT2D eigenvalue weighted by Crippen LogP contribution is -2.28. The molecule has 0 saturated carbocycles. The van der Waals surface area contributed by atoms with Crippen LogP contribution < -0.4 is 5.73 Å². The van der Waals surface area contributed by atoms with Crippen LogP contribution in [0.5, 0.6) is 0 Å². The van der Waals surface area contributed by atoms with Crippen molar-refractivity contribution in [3.8, 4) is 0 Å². The van der Waals surface area contributed by atoms with Gasteiger partial charge in [-0.05, 0) is 20.8 Å². The summed E-state index contributed by atoms with van der Waals surface area (Å²) in [5, 5.41) is 0. The van der Waals surface area contributed by atoms with Crippen molar-refractivity contribution in [2.45, 2.75) is 39.7 Å². The van der Waals surface area contributed by atoms with E-state index in [1.807, 2.05) is 27.7 Å². The fraction of sp³-hybridized carbons (Fsp3) is 0.778. The van der Waals surface area contributed by atoms with Crippen molar-refractivity contribution in [2.75, 3.05) is 0 Å². The average molecular weight is 203 g/mol. The minimum Gasteiger partial charge on any atom is -0.460 e. The zero-order valence-electron chi connectivity index (χ0n) is 8.59. The van der Waals surface area contributed by atoms with Gasteiger partial charge in [0.05, 0.1) is 11.4 Å². The Hall–Kier alpha value is -0.640. The van der Waals surface area contributed by atoms with Gasteiger partial charge in [0.1, 0.15) is 5.60 Å². The van der Waals surface area contributed by atoms with Gasteiger partial charge in [-0.1, -0.05) is 19.1 Å². The van der Waals surface area contributed by atoms with Crippen LogP contribution in [-0.2, 0) is 9.53 Å². The normalized spacial score (nSPS) is 13.5. The fourth-order valence-corrected chi connectivity index (χ4v) is 0.817. The van der Waals surface area contributed by atoms with E-state index in [4.69, 9.17) is 22.7 Å². The van der Waals surface area contributed by atoms with Crippen molar-refractivity contribution < 1.29 is 9.53 Å². The Bertz CT molecular complexity index is 208. The zero-order chi connectivity index (χ0) is 10.6. The van der Waals surface area contributed by atoms with Crippen molar-refractivity contribution in [1.82, 2.24) is 0 Å². The third-order valence-corrected chi connectivity index (χ3v) is 1.78. The number of ether oxygens (including phenoxy) is 1. The first kappa shape index (κ1) is 12.4. The highest BCUT2D eigenvalue weighted by atomic mass is 32.1. The van der Waals surface area contributed by atoms with Crippen LogP contribution in [0.25, 0.3) is 0 Å². The van der Waals surface area contributed by atoms with E-state index in [0.717, 1.165) is 0 Å². The van der Waals surface area contributed by atoms with Crippen LogP contribution in [0.3, 0.4) is 0 Å². The van der Waals surface area contributed by atoms with Gasteiger partial charge < -0.3 is 10.5 Å². The molecule has 4 heteroatoms. The Morgan fingerprint density at radius 1 is 1.54 bits per heavy atom. The second-order valence-corrected chi connectivity index (χ2v) is 4.57. The molecule has 0 aliphatic heterocycles. The first-order valence-corrected chi connectivity index (χ1v) is 4.64. The van der Waals surface area contributed by atoms with Crippen molar-refractivity contribution in [3.05, 3.63) is 0 Å². The topological polar surface area (TPSA) is 52.3 Å². The molecular formula is C9H17NO2S. The van der Waals surface area contributed by atoms with Crippen LogP contribution in [0.2, 0.25) is 0 Å². The summed E-state index contributed by atoms with van der Waals surface area (Å²) >= 11 is 4.75. The number of hydrogen-bond donors (Lipinski definition) is 1. The highest BCUT2D eigenvalue weighted by Gasteiger charge is 2.19. The van der Waals surface area contributed by atoms with E-state index in [0.29, 0.717) is 4.99 Å². The Kier molecular flexibility index (Phi) is 4.33. The summed E-state index contributed by atoms with van der Waals surface area (Å²) in [5.74, 6) is -0.349. The van der Waals surface area contributed by atoms with Gasteiger partial charge in [0.2, 0.25) is 0 Å². The largest absolute Gasteiger partial charge is 0.460 e. The summed E-state index contributed by atoms with van der Waals surface area (Å²) in [6.45, 7) is 7.30. The minimum absolute atomic E-state index is 0.0927. The quantitative estimate of drug-likeness (QED) is 0.559. The average Bonchev–Trinajstić information content (AvgIpc) is 1.81. The maximum Gasteiger partial charge on any atom is 0.307 e. The molecule has 1 atom stereocenters. The van der Waals surface area contributed by atoms with E-state index in [1.165, 1.54) is 0 Å². The van der Waals surface area contributed by atoms with Crippen LogP contribution in [0.4, 0.5) is 0 Å². The van der Waals surface area contributed by atoms with Gasteiger partial charge >= 0.3 is 5.97 Å². The molecule has 0 fully saturated rings. The van der Waals surface area contributed by atoms with Gasteiger partial charge in [0.15, 0.2) is 0 Å². The van der Waals surface area contributed by atoms with Crippen LogP contribution in [0, 0.1) is 5.92 Å². The van der Waals surface area contributed by atoms with Gasteiger partial charge in [-0.15, -0.1) is 0 Å². The molecule has 0 heterocycles. The van der Waals surface area contributed by atoms with Crippen molar-refractivity contribution >= 4 is 23.2 Å². The number of rotatable bonds is 3. The van der Waals surface area contributed by atoms with E-state index in [1.54, 1.807) is 0 Å². The Labute approximate surface area is 84.6 Å². The number of thiocarbonyl (C=S) groups is 1. The zero-order valence-corrected chi connectivity index (χ0v) is 9.40. The minimum atomic E-state index is -0.437. The molecule has 0 aliphatic carbocycles. The lowest BCUT2D eigenvalue weighted by molar-refractivity contribution is -0.155. The van der Waals surface area contributed by atoms with Crippen LogP contribution in [0.15, 0.2) is 0 Å². The molecule has 0 bridgehead atoms. The lowest BCUT2D eigenvalue weighted by Gasteiger charge is -2.20. The molecule has 0 amide bonds. The molecule has 0 aliphatic rings. The Morgan fingerprint density at radius 2 is 2.00 bits per heavy atom. The Balaban J connectivity index is 3.96. The lowest BCUT2D eigenvalue weighted by atomic mass is 10.1. The van der Waals surface area contributed by atoms with Gasteiger partial charge in [-0.3, -0.25) is 4.79 Å². The SMILES string of the molecule is C[C@@H](CC(=O)OC(C)(C)C)C(N)=S. The van der Waals surface area contributed by atoms with Crippen molar-refractivity contribution in [3.63, 3.8) is 0 Å². The molecule has 0 saturated heterocycles. The molecule has 3 nitrogen and oxygen atoms in total. The molecule has 0 aromatic carbocycles. The van der Waals surface area contributed by atoms with Crippen LogP contribution in [-0.4, -0.2) is 16.6 Å². The van der Waals surface area contributed by atoms with Gasteiger partial charge in [-0.25, -0.2) is 0 Å². The maximum atomic E-state index is 11.2. The molecule has 0 aromatic heterocycles. The van der Waals surface area contributed by atoms with Crippen molar-refractivity contribution in [1.29, 1.82) is 0 Å². The second kappa shape index (κ2) is 4.56. The number of carbonyl (C=O) groups is 1. The van der Waals surface area contributed by atoms with Crippen LogP contribution in [0.1, 0.15) is 34.1 Å². The fourth-order valence-electron chi connectivity index (χ4n) is 0.734. The molecule has 13 heavy (non-hydrogen) atoms. The van der Waals surface area contributed by atoms with Gasteiger partial charge in [0, 0.05) is 5.92 Å². The van der Waals surface area contributed by atoms with Crippen LogP contribution >= 0.6 is 12.2 Å². The standard InChI is InChI=1S/C9H17NO2S/c1-6(8(10)13)5-7(11)12-9(2,3)4/h6H,5H2,1-4H3,(H2,10,13)/t6-/m0/s1. The molecule has 0 unspecified atom stereocenters. The maximum absolute atomic E-state index is 11.2. The highest BCUT2D eigenvalue weighted by Crippen LogP contribution is 2.11. The predicted molar refractivity (Wildman–Crippen MR) is 56.4 cm³/mol. The van der Waals surface area contributed by atoms with Crippen molar-refractivity contribution in [2.24, 2.45) is 11.7 Å². The van der Waals surface area contributed by atoms with E-state index in [-0.39, 0.29) is 18.3 Å². The second-order valence-electron chi connectivity index (χ2n) is 4.09. The molecular weight excluding hydrogens is 186 g/mol. The predicted octanol–water partition coefficient (Wildman–Crippen LogP) is 1.64. The summed E-state index contributed by atoms with van der Waals surface area (Å²) in [7, 11) is 0. The molecule has 76 valence electrons. The van der Waals surface area contributed by atoms with E-state index < -0.39 is 5.60 Å². The molecule has 0 rings (SSSR count). The first-order chi connectivity index (χ1) is 5.72. The monoisotopic (exact) mass is 203 g/mol. The summed E-state index contributed by atoms with van der Waals surface area (Å²) in [5.41, 5.74) is 4.93. The summed E-state index contributed by atoms with van der Waals surface area (Å²) in [6.07, 6.45) is 0.257. The first-order valence-electron chi connectivity index (χ1n) is 4.23. The summed E-state index contributed by atoms with van der Waals surface area (Å²) in [4.78, 5) is 11.6. The number of hydrogen-bond acceptors (Lipinski definition) is 3. The highest BCUT2D eigenvalue weighted by molar-refractivity contribution is 7.80. The Morgan fingerprint density at radius 3 is 2.31 bits per heavy atom. The molecule has 0 spiro atoms. The van der Waals surface area contributed by atoms with E-state index in [2.05, 4.69) is 0 Å². The third kappa shape index (κ3) is 6.51. The van der Waals surface area contributed by atoms with Gasteiger partial charge in [-0.2, -0.15) is 0 Å². The molecule has 0 aromatic rings. The summed E-state index contributed by atoms with van der Waals surface area (Å²) < 4.78 is 5.10. The molecule has 2 N–H and O–H groups in total. The number of carbonyl (C=O) groups excluding carboxylic acids is 1. The smallest absolute Gasteiger partial charge is 0.307 e. The van der Waals surface area contributed by atoms with E-state index >= 15 is 0 Å².